The Morgan fingerprint density at radius 3 is 2.26 bits per heavy atom. The van der Waals surface area contributed by atoms with Crippen molar-refractivity contribution in [2.75, 3.05) is 58.2 Å². The van der Waals surface area contributed by atoms with Gasteiger partial charge in [-0.25, -0.2) is 0 Å². The van der Waals surface area contributed by atoms with Gasteiger partial charge < -0.3 is 24.4 Å². The van der Waals surface area contributed by atoms with Crippen LogP contribution in [0.25, 0.3) is 0 Å². The molecular formula is C24H33N3O4. The van der Waals surface area contributed by atoms with Crippen molar-refractivity contribution in [2.45, 2.75) is 25.8 Å². The number of ether oxygens (including phenoxy) is 3. The molecule has 0 saturated carbocycles. The second kappa shape index (κ2) is 10.9. The number of carbonyl (C=O) groups excluding carboxylic acids is 1. The van der Waals surface area contributed by atoms with Crippen molar-refractivity contribution in [3.8, 4) is 17.2 Å². The zero-order valence-electron chi connectivity index (χ0n) is 18.9. The molecule has 0 aliphatic carbocycles. The van der Waals surface area contributed by atoms with Crippen LogP contribution in [-0.2, 0) is 11.3 Å². The molecule has 1 heterocycles. The summed E-state index contributed by atoms with van der Waals surface area (Å²) in [4.78, 5) is 17.2. The summed E-state index contributed by atoms with van der Waals surface area (Å²) in [5.74, 6) is 1.39. The van der Waals surface area contributed by atoms with Crippen LogP contribution in [0.2, 0.25) is 0 Å². The summed E-state index contributed by atoms with van der Waals surface area (Å²) >= 11 is 0. The fourth-order valence-electron chi connectivity index (χ4n) is 4.03. The number of rotatable bonds is 9. The van der Waals surface area contributed by atoms with Gasteiger partial charge in [0, 0.05) is 43.1 Å². The fraction of sp³-hybridized carbons (Fsp3) is 0.458. The Kier molecular flexibility index (Phi) is 8.00. The molecule has 3 rings (SSSR count). The lowest BCUT2D eigenvalue weighted by Crippen LogP contribution is -2.33. The lowest BCUT2D eigenvalue weighted by Gasteiger charge is -2.31. The first-order valence-corrected chi connectivity index (χ1v) is 10.7. The zero-order valence-corrected chi connectivity index (χ0v) is 18.9. The van der Waals surface area contributed by atoms with Gasteiger partial charge in [-0.15, -0.1) is 0 Å². The summed E-state index contributed by atoms with van der Waals surface area (Å²) in [5, 5.41) is 2.93. The summed E-state index contributed by atoms with van der Waals surface area (Å²) < 4.78 is 16.1. The van der Waals surface area contributed by atoms with E-state index in [1.54, 1.807) is 33.5 Å². The Morgan fingerprint density at radius 2 is 1.65 bits per heavy atom. The van der Waals surface area contributed by atoms with E-state index in [4.69, 9.17) is 14.2 Å². The van der Waals surface area contributed by atoms with E-state index in [0.29, 0.717) is 29.5 Å². The second-order valence-corrected chi connectivity index (χ2v) is 7.81. The number of likely N-dealkylation sites (N-methyl/N-ethyl adjacent to an activating group) is 1. The molecule has 0 aromatic heterocycles. The zero-order chi connectivity index (χ0) is 22.2. The Labute approximate surface area is 184 Å². The van der Waals surface area contributed by atoms with Gasteiger partial charge in [-0.2, -0.15) is 0 Å². The number of nitrogens with zero attached hydrogens (tertiary/aromatic N) is 2. The minimum Gasteiger partial charge on any atom is -0.493 e. The molecule has 0 bridgehead atoms. The SMILES string of the molecule is COc1cc(NC(=O)CN(C)Cc2ccccc2N2CCCCC2)cc(OC)c1OC. The largest absolute Gasteiger partial charge is 0.493 e. The Hall–Kier alpha value is -2.93. The summed E-state index contributed by atoms with van der Waals surface area (Å²) in [6, 6.07) is 11.9. The number of piperidine rings is 1. The van der Waals surface area contributed by atoms with Crippen LogP contribution in [0.3, 0.4) is 0 Å². The molecule has 1 aliphatic rings. The molecule has 7 heteroatoms. The number of anilines is 2. The molecule has 1 saturated heterocycles. The van der Waals surface area contributed by atoms with Crippen LogP contribution < -0.4 is 24.4 Å². The van der Waals surface area contributed by atoms with E-state index in [1.807, 2.05) is 11.9 Å². The first kappa shape index (κ1) is 22.7. The van der Waals surface area contributed by atoms with Crippen molar-refractivity contribution >= 4 is 17.3 Å². The normalized spacial score (nSPS) is 13.8. The summed E-state index contributed by atoms with van der Waals surface area (Å²) in [6.45, 7) is 3.17. The minimum absolute atomic E-state index is 0.104. The first-order valence-electron chi connectivity index (χ1n) is 10.7. The summed E-state index contributed by atoms with van der Waals surface area (Å²) in [7, 11) is 6.62. The molecule has 1 amide bonds. The molecule has 168 valence electrons. The lowest BCUT2D eigenvalue weighted by atomic mass is 10.1. The number of hydrogen-bond donors (Lipinski definition) is 1. The van der Waals surface area contributed by atoms with Crippen molar-refractivity contribution in [3.05, 3.63) is 42.0 Å². The molecule has 0 atom stereocenters. The molecular weight excluding hydrogens is 394 g/mol. The lowest BCUT2D eigenvalue weighted by molar-refractivity contribution is -0.117. The number of para-hydroxylation sites is 1. The van der Waals surface area contributed by atoms with Gasteiger partial charge in [0.15, 0.2) is 11.5 Å². The van der Waals surface area contributed by atoms with E-state index in [1.165, 1.54) is 30.5 Å². The molecule has 2 aromatic rings. The van der Waals surface area contributed by atoms with Crippen molar-refractivity contribution in [1.29, 1.82) is 0 Å². The van der Waals surface area contributed by atoms with Gasteiger partial charge in [-0.1, -0.05) is 18.2 Å². The van der Waals surface area contributed by atoms with Gasteiger partial charge in [0.25, 0.3) is 0 Å². The molecule has 2 aromatic carbocycles. The molecule has 0 radical (unpaired) electrons. The molecule has 0 unspecified atom stereocenters. The van der Waals surface area contributed by atoms with Crippen molar-refractivity contribution in [3.63, 3.8) is 0 Å². The van der Waals surface area contributed by atoms with Crippen LogP contribution in [0.1, 0.15) is 24.8 Å². The molecule has 31 heavy (non-hydrogen) atoms. The van der Waals surface area contributed by atoms with Crippen LogP contribution in [0.5, 0.6) is 17.2 Å². The van der Waals surface area contributed by atoms with E-state index in [-0.39, 0.29) is 12.5 Å². The summed E-state index contributed by atoms with van der Waals surface area (Å²) in [5.41, 5.74) is 3.12. The minimum atomic E-state index is -0.104. The molecule has 1 aliphatic heterocycles. The first-order chi connectivity index (χ1) is 15.0. The molecule has 1 fully saturated rings. The number of benzene rings is 2. The average Bonchev–Trinajstić information content (AvgIpc) is 2.79. The number of methoxy groups -OCH3 is 3. The van der Waals surface area contributed by atoms with E-state index in [2.05, 4.69) is 34.5 Å². The van der Waals surface area contributed by atoms with Crippen molar-refractivity contribution in [2.24, 2.45) is 0 Å². The maximum Gasteiger partial charge on any atom is 0.238 e. The van der Waals surface area contributed by atoms with E-state index in [0.717, 1.165) is 13.1 Å². The monoisotopic (exact) mass is 427 g/mol. The predicted molar refractivity (Wildman–Crippen MR) is 124 cm³/mol. The third kappa shape index (κ3) is 5.82. The van der Waals surface area contributed by atoms with Crippen LogP contribution in [-0.4, -0.2) is 58.8 Å². The van der Waals surface area contributed by atoms with E-state index >= 15 is 0 Å². The van der Waals surface area contributed by atoms with Crippen LogP contribution >= 0.6 is 0 Å². The van der Waals surface area contributed by atoms with Crippen molar-refractivity contribution in [1.82, 2.24) is 4.90 Å². The maximum absolute atomic E-state index is 12.7. The Morgan fingerprint density at radius 1 is 1.00 bits per heavy atom. The highest BCUT2D eigenvalue weighted by Crippen LogP contribution is 2.39. The number of nitrogens with one attached hydrogen (secondary N) is 1. The highest BCUT2D eigenvalue weighted by atomic mass is 16.5. The quantitative estimate of drug-likeness (QED) is 0.657. The van der Waals surface area contributed by atoms with Crippen molar-refractivity contribution < 1.29 is 19.0 Å². The average molecular weight is 428 g/mol. The van der Waals surface area contributed by atoms with Gasteiger partial charge in [-0.3, -0.25) is 9.69 Å². The number of amides is 1. The smallest absolute Gasteiger partial charge is 0.238 e. The highest BCUT2D eigenvalue weighted by molar-refractivity contribution is 5.93. The molecule has 7 nitrogen and oxygen atoms in total. The number of carbonyl (C=O) groups is 1. The third-order valence-corrected chi connectivity index (χ3v) is 5.49. The van der Waals surface area contributed by atoms with Gasteiger partial charge in [0.1, 0.15) is 0 Å². The summed E-state index contributed by atoms with van der Waals surface area (Å²) in [6.07, 6.45) is 3.78. The molecule has 0 spiro atoms. The predicted octanol–water partition coefficient (Wildman–Crippen LogP) is 3.77. The second-order valence-electron chi connectivity index (χ2n) is 7.81. The topological polar surface area (TPSA) is 63.3 Å². The molecule has 1 N–H and O–H groups in total. The maximum atomic E-state index is 12.7. The Bertz CT molecular complexity index is 856. The van der Waals surface area contributed by atoms with E-state index in [9.17, 15) is 4.79 Å². The van der Waals surface area contributed by atoms with Gasteiger partial charge >= 0.3 is 0 Å². The number of hydrogen-bond acceptors (Lipinski definition) is 6. The highest BCUT2D eigenvalue weighted by Gasteiger charge is 2.17. The fourth-order valence-corrected chi connectivity index (χ4v) is 4.03. The van der Waals surface area contributed by atoms with Gasteiger partial charge in [0.05, 0.1) is 27.9 Å². The van der Waals surface area contributed by atoms with E-state index < -0.39 is 0 Å². The Balaban J connectivity index is 1.64. The van der Waals surface area contributed by atoms with Gasteiger partial charge in [-0.05, 0) is 37.9 Å². The van der Waals surface area contributed by atoms with Gasteiger partial charge in [0.2, 0.25) is 11.7 Å². The third-order valence-electron chi connectivity index (χ3n) is 5.49. The van der Waals surface area contributed by atoms with Crippen LogP contribution in [0, 0.1) is 0 Å². The van der Waals surface area contributed by atoms with Crippen LogP contribution in [0.4, 0.5) is 11.4 Å². The standard InChI is InChI=1S/C24H33N3O4/c1-26(16-18-10-6-7-11-20(18)27-12-8-5-9-13-27)17-23(28)25-19-14-21(29-2)24(31-4)22(15-19)30-3/h6-7,10-11,14-15H,5,8-9,12-13,16-17H2,1-4H3,(H,25,28). The van der Waals surface area contributed by atoms with Crippen LogP contribution in [0.15, 0.2) is 36.4 Å².